The average molecular weight is 427 g/mol. The SMILES string of the molecule is COc1c(C)cc(-c2cccc(N(c3ccc(C(=O)O)c(O)c3)S(=O)O)c2)cc1C. The van der Waals surface area contributed by atoms with E-state index in [0.717, 1.165) is 38.4 Å². The van der Waals surface area contributed by atoms with E-state index in [1.54, 1.807) is 25.3 Å². The van der Waals surface area contributed by atoms with Gasteiger partial charge in [0.25, 0.3) is 11.3 Å². The molecule has 0 amide bonds. The maximum atomic E-state index is 12.1. The van der Waals surface area contributed by atoms with Gasteiger partial charge < -0.3 is 14.9 Å². The van der Waals surface area contributed by atoms with Crippen LogP contribution in [-0.4, -0.2) is 32.1 Å². The molecule has 8 heteroatoms. The molecule has 0 saturated heterocycles. The number of carbonyl (C=O) groups is 1. The van der Waals surface area contributed by atoms with Crippen LogP contribution in [-0.2, 0) is 11.3 Å². The minimum Gasteiger partial charge on any atom is -0.507 e. The highest BCUT2D eigenvalue weighted by Gasteiger charge is 2.19. The summed E-state index contributed by atoms with van der Waals surface area (Å²) in [6, 6.07) is 14.7. The van der Waals surface area contributed by atoms with Crippen LogP contribution in [0.3, 0.4) is 0 Å². The van der Waals surface area contributed by atoms with Gasteiger partial charge in [-0.3, -0.25) is 4.55 Å². The van der Waals surface area contributed by atoms with Crippen LogP contribution in [0.25, 0.3) is 11.1 Å². The van der Waals surface area contributed by atoms with Crippen LogP contribution < -0.4 is 9.04 Å². The Balaban J connectivity index is 2.08. The van der Waals surface area contributed by atoms with Gasteiger partial charge in [0.1, 0.15) is 17.1 Å². The van der Waals surface area contributed by atoms with Gasteiger partial charge in [0.05, 0.1) is 18.5 Å². The van der Waals surface area contributed by atoms with E-state index in [9.17, 15) is 18.7 Å². The number of aryl methyl sites for hydroxylation is 2. The molecule has 3 aromatic rings. The summed E-state index contributed by atoms with van der Waals surface area (Å²) >= 11 is -2.45. The number of benzene rings is 3. The van der Waals surface area contributed by atoms with Gasteiger partial charge in [0, 0.05) is 6.07 Å². The van der Waals surface area contributed by atoms with E-state index in [-0.39, 0.29) is 11.3 Å². The van der Waals surface area contributed by atoms with Gasteiger partial charge in [-0.25, -0.2) is 13.3 Å². The summed E-state index contributed by atoms with van der Waals surface area (Å²) in [5.41, 5.74) is 3.97. The van der Waals surface area contributed by atoms with E-state index >= 15 is 0 Å². The highest BCUT2D eigenvalue weighted by molar-refractivity contribution is 7.81. The van der Waals surface area contributed by atoms with Crippen LogP contribution >= 0.6 is 0 Å². The molecule has 0 bridgehead atoms. The van der Waals surface area contributed by atoms with Crippen LogP contribution in [0.5, 0.6) is 11.5 Å². The van der Waals surface area contributed by atoms with Crippen LogP contribution in [0.1, 0.15) is 21.5 Å². The Morgan fingerprint density at radius 2 is 1.60 bits per heavy atom. The number of ether oxygens (including phenoxy) is 1. The Morgan fingerprint density at radius 1 is 0.967 bits per heavy atom. The first-order valence-corrected chi connectivity index (χ1v) is 10.0. The van der Waals surface area contributed by atoms with Crippen molar-refractivity contribution in [2.45, 2.75) is 13.8 Å². The molecule has 0 spiro atoms. The molecule has 0 radical (unpaired) electrons. The summed E-state index contributed by atoms with van der Waals surface area (Å²) in [6.45, 7) is 3.89. The third-order valence-corrected chi connectivity index (χ3v) is 5.41. The van der Waals surface area contributed by atoms with Gasteiger partial charge in [-0.15, -0.1) is 0 Å². The summed E-state index contributed by atoms with van der Waals surface area (Å²) < 4.78 is 28.5. The van der Waals surface area contributed by atoms with E-state index in [2.05, 4.69) is 0 Å². The molecule has 156 valence electrons. The highest BCUT2D eigenvalue weighted by Crippen LogP contribution is 2.35. The van der Waals surface area contributed by atoms with Crippen molar-refractivity contribution in [3.8, 4) is 22.6 Å². The molecular weight excluding hydrogens is 406 g/mol. The lowest BCUT2D eigenvalue weighted by molar-refractivity contribution is 0.0693. The second kappa shape index (κ2) is 8.56. The van der Waals surface area contributed by atoms with E-state index in [1.807, 2.05) is 32.0 Å². The fourth-order valence-electron chi connectivity index (χ4n) is 3.41. The first-order valence-electron chi connectivity index (χ1n) is 8.96. The maximum absolute atomic E-state index is 12.1. The Bertz CT molecular complexity index is 1120. The normalized spacial score (nSPS) is 11.7. The number of nitrogens with zero attached hydrogens (tertiary/aromatic N) is 1. The first kappa shape index (κ1) is 21.4. The van der Waals surface area contributed by atoms with Crippen LogP contribution in [0.15, 0.2) is 54.6 Å². The number of carboxylic acid groups (broad SMARTS) is 1. The van der Waals surface area contributed by atoms with E-state index in [1.165, 1.54) is 12.1 Å². The Hall–Kier alpha value is -3.36. The third kappa shape index (κ3) is 4.14. The average Bonchev–Trinajstić information content (AvgIpc) is 2.67. The summed E-state index contributed by atoms with van der Waals surface area (Å²) in [4.78, 5) is 11.1. The predicted octanol–water partition coefficient (Wildman–Crippen LogP) is 4.66. The number of aromatic hydroxyl groups is 1. The third-order valence-electron chi connectivity index (χ3n) is 4.68. The molecule has 0 fully saturated rings. The van der Waals surface area contributed by atoms with Crippen molar-refractivity contribution >= 4 is 28.6 Å². The Morgan fingerprint density at radius 3 is 2.13 bits per heavy atom. The zero-order chi connectivity index (χ0) is 22.0. The highest BCUT2D eigenvalue weighted by atomic mass is 32.2. The van der Waals surface area contributed by atoms with Crippen molar-refractivity contribution in [3.63, 3.8) is 0 Å². The van der Waals surface area contributed by atoms with E-state index in [4.69, 9.17) is 9.84 Å². The summed E-state index contributed by atoms with van der Waals surface area (Å²) in [5, 5.41) is 19.1. The Labute approximate surface area is 176 Å². The molecule has 0 aliphatic rings. The van der Waals surface area contributed by atoms with E-state index < -0.39 is 23.0 Å². The molecule has 0 aromatic heterocycles. The fourth-order valence-corrected chi connectivity index (χ4v) is 4.00. The lowest BCUT2D eigenvalue weighted by Crippen LogP contribution is -2.19. The zero-order valence-corrected chi connectivity index (χ0v) is 17.4. The summed E-state index contributed by atoms with van der Waals surface area (Å²) in [5.74, 6) is -0.974. The number of methoxy groups -OCH3 is 1. The lowest BCUT2D eigenvalue weighted by Gasteiger charge is -2.21. The fraction of sp³-hybridized carbons (Fsp3) is 0.136. The molecular formula is C22H21NO6S. The largest absolute Gasteiger partial charge is 0.507 e. The van der Waals surface area contributed by atoms with Gasteiger partial charge in [-0.05, 0) is 72.5 Å². The quantitative estimate of drug-likeness (QED) is 0.494. The molecule has 0 heterocycles. The monoisotopic (exact) mass is 427 g/mol. The molecule has 3 rings (SSSR count). The van der Waals surface area contributed by atoms with Crippen LogP contribution in [0.4, 0.5) is 11.4 Å². The second-order valence-corrected chi connectivity index (χ2v) is 7.55. The molecule has 7 nitrogen and oxygen atoms in total. The molecule has 1 atom stereocenters. The van der Waals surface area contributed by atoms with Gasteiger partial charge in [0.15, 0.2) is 0 Å². The molecule has 0 aliphatic carbocycles. The summed E-state index contributed by atoms with van der Waals surface area (Å²) in [6.07, 6.45) is 0. The van der Waals surface area contributed by atoms with Gasteiger partial charge in [-0.2, -0.15) is 0 Å². The van der Waals surface area contributed by atoms with Crippen molar-refractivity contribution in [1.29, 1.82) is 0 Å². The predicted molar refractivity (Wildman–Crippen MR) is 116 cm³/mol. The topological polar surface area (TPSA) is 107 Å². The molecule has 0 saturated carbocycles. The number of carboxylic acids is 1. The number of hydrogen-bond donors (Lipinski definition) is 3. The minimum absolute atomic E-state index is 0.178. The number of anilines is 2. The second-order valence-electron chi connectivity index (χ2n) is 6.73. The molecule has 3 aromatic carbocycles. The van der Waals surface area contributed by atoms with Crippen molar-refractivity contribution in [3.05, 3.63) is 71.3 Å². The van der Waals surface area contributed by atoms with Gasteiger partial charge in [-0.1, -0.05) is 12.1 Å². The first-order chi connectivity index (χ1) is 14.2. The van der Waals surface area contributed by atoms with Gasteiger partial charge in [0.2, 0.25) is 0 Å². The summed E-state index contributed by atoms with van der Waals surface area (Å²) in [7, 11) is 1.62. The van der Waals surface area contributed by atoms with Crippen molar-refractivity contribution < 1.29 is 28.5 Å². The van der Waals surface area contributed by atoms with Crippen molar-refractivity contribution in [2.75, 3.05) is 11.4 Å². The molecule has 30 heavy (non-hydrogen) atoms. The molecule has 3 N–H and O–H groups in total. The smallest absolute Gasteiger partial charge is 0.339 e. The van der Waals surface area contributed by atoms with Crippen molar-refractivity contribution in [1.82, 2.24) is 0 Å². The zero-order valence-electron chi connectivity index (χ0n) is 16.6. The minimum atomic E-state index is -2.45. The van der Waals surface area contributed by atoms with Crippen LogP contribution in [0.2, 0.25) is 0 Å². The number of aromatic carboxylic acids is 1. The Kier molecular flexibility index (Phi) is 6.09. The van der Waals surface area contributed by atoms with Gasteiger partial charge >= 0.3 is 5.97 Å². The molecule has 0 aliphatic heterocycles. The lowest BCUT2D eigenvalue weighted by atomic mass is 9.99. The number of rotatable bonds is 6. The molecule has 1 unspecified atom stereocenters. The standard InChI is InChI=1S/C22H21NO6S/c1-13-9-16(10-14(2)21(13)29-3)15-5-4-6-17(11-15)23(30(27)28)18-7-8-19(22(25)26)20(24)12-18/h4-12,24H,1-3H3,(H,25,26)(H,27,28). The van der Waals surface area contributed by atoms with Crippen LogP contribution in [0, 0.1) is 13.8 Å². The maximum Gasteiger partial charge on any atom is 0.339 e. The number of phenols is 1. The van der Waals surface area contributed by atoms with E-state index in [0.29, 0.717) is 5.69 Å². The number of hydrogen-bond acceptors (Lipinski definition) is 4. The van der Waals surface area contributed by atoms with Crippen molar-refractivity contribution in [2.24, 2.45) is 0 Å².